The standard InChI is InChI=1S/C14H11FN4OS/c15-9-3-1-8(2-4-9)7-19-13(20)12-10(16)11-14(21-12)18-6-5-17-11/h1-6H,7,16H2,(H,19,20). The van der Waals surface area contributed by atoms with Gasteiger partial charge in [0.15, 0.2) is 0 Å². The summed E-state index contributed by atoms with van der Waals surface area (Å²) < 4.78 is 12.8. The molecular weight excluding hydrogens is 291 g/mol. The molecule has 0 atom stereocenters. The van der Waals surface area contributed by atoms with E-state index in [0.717, 1.165) is 5.56 Å². The number of carbonyl (C=O) groups excluding carboxylic acids is 1. The third-order valence-electron chi connectivity index (χ3n) is 2.94. The predicted molar refractivity (Wildman–Crippen MR) is 79.4 cm³/mol. The number of carbonyl (C=O) groups is 1. The summed E-state index contributed by atoms with van der Waals surface area (Å²) in [6.45, 7) is 0.299. The normalized spacial score (nSPS) is 10.7. The minimum Gasteiger partial charge on any atom is -0.396 e. The first-order chi connectivity index (χ1) is 10.1. The molecule has 1 amide bonds. The molecule has 21 heavy (non-hydrogen) atoms. The molecule has 0 fully saturated rings. The average Bonchev–Trinajstić information content (AvgIpc) is 2.84. The Morgan fingerprint density at radius 2 is 1.95 bits per heavy atom. The molecule has 7 heteroatoms. The molecule has 0 saturated heterocycles. The van der Waals surface area contributed by atoms with E-state index in [1.54, 1.807) is 18.3 Å². The van der Waals surface area contributed by atoms with Crippen LogP contribution in [0.15, 0.2) is 36.7 Å². The van der Waals surface area contributed by atoms with Crippen LogP contribution in [0.4, 0.5) is 10.1 Å². The molecule has 0 radical (unpaired) electrons. The molecule has 3 N–H and O–H groups in total. The summed E-state index contributed by atoms with van der Waals surface area (Å²) in [6, 6.07) is 5.94. The van der Waals surface area contributed by atoms with Gasteiger partial charge in [0.25, 0.3) is 5.91 Å². The summed E-state index contributed by atoms with van der Waals surface area (Å²) in [5, 5.41) is 2.75. The van der Waals surface area contributed by atoms with Gasteiger partial charge in [-0.05, 0) is 17.7 Å². The quantitative estimate of drug-likeness (QED) is 0.778. The van der Waals surface area contributed by atoms with E-state index in [9.17, 15) is 9.18 Å². The Labute approximate surface area is 123 Å². The highest BCUT2D eigenvalue weighted by atomic mass is 32.1. The largest absolute Gasteiger partial charge is 0.396 e. The molecule has 2 heterocycles. The highest BCUT2D eigenvalue weighted by Crippen LogP contribution is 2.30. The van der Waals surface area contributed by atoms with E-state index in [1.165, 1.54) is 29.7 Å². The zero-order valence-corrected chi connectivity index (χ0v) is 11.7. The van der Waals surface area contributed by atoms with E-state index in [1.807, 2.05) is 0 Å². The molecule has 0 aliphatic rings. The number of amides is 1. The van der Waals surface area contributed by atoms with Gasteiger partial charge in [0, 0.05) is 18.9 Å². The SMILES string of the molecule is Nc1c(C(=O)NCc2ccc(F)cc2)sc2nccnc12. The minimum atomic E-state index is -0.309. The molecule has 0 aliphatic carbocycles. The van der Waals surface area contributed by atoms with Gasteiger partial charge in [-0.25, -0.2) is 14.4 Å². The number of nitrogen functional groups attached to an aromatic ring is 1. The van der Waals surface area contributed by atoms with Crippen LogP contribution in [0.1, 0.15) is 15.2 Å². The van der Waals surface area contributed by atoms with Crippen LogP contribution < -0.4 is 11.1 Å². The number of nitrogens with zero attached hydrogens (tertiary/aromatic N) is 2. The molecule has 0 aliphatic heterocycles. The summed E-state index contributed by atoms with van der Waals surface area (Å²) in [5.41, 5.74) is 7.60. The van der Waals surface area contributed by atoms with Crippen LogP contribution in [0.3, 0.4) is 0 Å². The van der Waals surface area contributed by atoms with Gasteiger partial charge in [-0.3, -0.25) is 4.79 Å². The Morgan fingerprint density at radius 3 is 2.67 bits per heavy atom. The van der Waals surface area contributed by atoms with Crippen molar-refractivity contribution in [3.8, 4) is 0 Å². The van der Waals surface area contributed by atoms with Crippen molar-refractivity contribution in [2.24, 2.45) is 0 Å². The number of hydrogen-bond donors (Lipinski definition) is 2. The number of fused-ring (bicyclic) bond motifs is 1. The Hall–Kier alpha value is -2.54. The number of anilines is 1. The van der Waals surface area contributed by atoms with Gasteiger partial charge in [-0.2, -0.15) is 0 Å². The minimum absolute atomic E-state index is 0.290. The van der Waals surface area contributed by atoms with Crippen LogP contribution in [0.5, 0.6) is 0 Å². The van der Waals surface area contributed by atoms with Crippen molar-refractivity contribution in [2.45, 2.75) is 6.54 Å². The van der Waals surface area contributed by atoms with E-state index in [-0.39, 0.29) is 11.7 Å². The number of nitrogens with one attached hydrogen (secondary N) is 1. The lowest BCUT2D eigenvalue weighted by molar-refractivity contribution is 0.0956. The maximum atomic E-state index is 12.8. The third kappa shape index (κ3) is 2.68. The van der Waals surface area contributed by atoms with E-state index in [4.69, 9.17) is 5.73 Å². The smallest absolute Gasteiger partial charge is 0.263 e. The van der Waals surface area contributed by atoms with E-state index >= 15 is 0 Å². The van der Waals surface area contributed by atoms with Crippen LogP contribution in [-0.4, -0.2) is 15.9 Å². The molecule has 0 bridgehead atoms. The van der Waals surface area contributed by atoms with Gasteiger partial charge in [0.2, 0.25) is 0 Å². The summed E-state index contributed by atoms with van der Waals surface area (Å²) in [4.78, 5) is 21.4. The summed E-state index contributed by atoms with van der Waals surface area (Å²) in [6.07, 6.45) is 3.09. The number of rotatable bonds is 3. The summed E-state index contributed by atoms with van der Waals surface area (Å²) in [5.74, 6) is -0.599. The number of hydrogen-bond acceptors (Lipinski definition) is 5. The van der Waals surface area contributed by atoms with Crippen molar-refractivity contribution in [1.29, 1.82) is 0 Å². The molecule has 106 valence electrons. The fraction of sp³-hybridized carbons (Fsp3) is 0.0714. The molecule has 1 aromatic carbocycles. The second kappa shape index (κ2) is 5.45. The van der Waals surface area contributed by atoms with Crippen molar-refractivity contribution in [3.05, 3.63) is 52.9 Å². The van der Waals surface area contributed by atoms with Gasteiger partial charge < -0.3 is 11.1 Å². The highest BCUT2D eigenvalue weighted by molar-refractivity contribution is 7.21. The average molecular weight is 302 g/mol. The molecular formula is C14H11FN4OS. The van der Waals surface area contributed by atoms with Crippen molar-refractivity contribution < 1.29 is 9.18 Å². The van der Waals surface area contributed by atoms with Gasteiger partial charge in [-0.1, -0.05) is 12.1 Å². The van der Waals surface area contributed by atoms with Crippen LogP contribution in [0.2, 0.25) is 0 Å². The molecule has 0 unspecified atom stereocenters. The maximum absolute atomic E-state index is 12.8. The van der Waals surface area contributed by atoms with Crippen LogP contribution in [-0.2, 0) is 6.54 Å². The molecule has 3 aromatic rings. The number of aromatic nitrogens is 2. The first-order valence-electron chi connectivity index (χ1n) is 6.17. The zero-order valence-electron chi connectivity index (χ0n) is 10.8. The number of benzene rings is 1. The number of halogens is 1. The lowest BCUT2D eigenvalue weighted by atomic mass is 10.2. The molecule has 3 rings (SSSR count). The second-order valence-electron chi connectivity index (χ2n) is 4.36. The van der Waals surface area contributed by atoms with Crippen LogP contribution in [0, 0.1) is 5.82 Å². The monoisotopic (exact) mass is 302 g/mol. The van der Waals surface area contributed by atoms with Crippen molar-refractivity contribution >= 4 is 33.3 Å². The zero-order chi connectivity index (χ0) is 14.8. The Morgan fingerprint density at radius 1 is 1.24 bits per heavy atom. The van der Waals surface area contributed by atoms with Crippen molar-refractivity contribution in [3.63, 3.8) is 0 Å². The molecule has 5 nitrogen and oxygen atoms in total. The summed E-state index contributed by atoms with van der Waals surface area (Å²) in [7, 11) is 0. The fourth-order valence-corrected chi connectivity index (χ4v) is 2.82. The fourth-order valence-electron chi connectivity index (χ4n) is 1.88. The van der Waals surface area contributed by atoms with Gasteiger partial charge in [0.1, 0.15) is 21.0 Å². The lowest BCUT2D eigenvalue weighted by Crippen LogP contribution is -2.22. The maximum Gasteiger partial charge on any atom is 0.263 e. The van der Waals surface area contributed by atoms with Crippen LogP contribution in [0.25, 0.3) is 10.3 Å². The molecule has 0 saturated carbocycles. The first-order valence-corrected chi connectivity index (χ1v) is 6.98. The lowest BCUT2D eigenvalue weighted by Gasteiger charge is -2.04. The van der Waals surface area contributed by atoms with Gasteiger partial charge >= 0.3 is 0 Å². The Kier molecular flexibility index (Phi) is 3.49. The van der Waals surface area contributed by atoms with Crippen molar-refractivity contribution in [2.75, 3.05) is 5.73 Å². The highest BCUT2D eigenvalue weighted by Gasteiger charge is 2.17. The predicted octanol–water partition coefficient (Wildman–Crippen LogP) is 2.34. The van der Waals surface area contributed by atoms with E-state index in [0.29, 0.717) is 27.5 Å². The molecule has 0 spiro atoms. The van der Waals surface area contributed by atoms with Crippen molar-refractivity contribution in [1.82, 2.24) is 15.3 Å². The van der Waals surface area contributed by atoms with Gasteiger partial charge in [0.05, 0.1) is 5.69 Å². The first kappa shape index (κ1) is 13.4. The topological polar surface area (TPSA) is 80.9 Å². The Balaban J connectivity index is 1.78. The van der Waals surface area contributed by atoms with Crippen LogP contribution >= 0.6 is 11.3 Å². The van der Waals surface area contributed by atoms with E-state index in [2.05, 4.69) is 15.3 Å². The van der Waals surface area contributed by atoms with E-state index < -0.39 is 0 Å². The number of thiophene rings is 1. The van der Waals surface area contributed by atoms with Gasteiger partial charge in [-0.15, -0.1) is 11.3 Å². The third-order valence-corrected chi connectivity index (χ3v) is 4.04. The number of nitrogens with two attached hydrogens (primary N) is 1. The summed E-state index contributed by atoms with van der Waals surface area (Å²) >= 11 is 1.20. The Bertz CT molecular complexity index is 800. The molecule has 2 aromatic heterocycles. The second-order valence-corrected chi connectivity index (χ2v) is 5.36.